The summed E-state index contributed by atoms with van der Waals surface area (Å²) in [6.45, 7) is 3.93. The Hall–Kier alpha value is -1.14. The number of hydrogen-bond acceptors (Lipinski definition) is 4. The van der Waals surface area contributed by atoms with Gasteiger partial charge in [0.15, 0.2) is 0 Å². The van der Waals surface area contributed by atoms with Crippen molar-refractivity contribution in [2.45, 2.75) is 32.6 Å². The molecule has 0 saturated heterocycles. The summed E-state index contributed by atoms with van der Waals surface area (Å²) < 4.78 is 0. The molecule has 2 N–H and O–H groups in total. The van der Waals surface area contributed by atoms with Crippen LogP contribution in [0.3, 0.4) is 0 Å². The number of unbranched alkanes of at least 4 members (excludes halogenated alkanes) is 1. The number of aliphatic hydroxyl groups excluding tert-OH is 1. The zero-order chi connectivity index (χ0) is 14.7. The summed E-state index contributed by atoms with van der Waals surface area (Å²) in [6.07, 6.45) is 2.56. The number of hydrogen-bond donors (Lipinski definition) is 2. The van der Waals surface area contributed by atoms with Gasteiger partial charge in [-0.1, -0.05) is 13.3 Å². The fourth-order valence-corrected chi connectivity index (χ4v) is 1.65. The van der Waals surface area contributed by atoms with Gasteiger partial charge in [-0.25, -0.2) is 0 Å². The molecule has 0 aromatic rings. The average molecular weight is 274 g/mol. The minimum absolute atomic E-state index is 0.00298. The predicted octanol–water partition coefficient (Wildman–Crippen LogP) is 0.404. The molecule has 6 nitrogen and oxygen atoms in total. The smallest absolute Gasteiger partial charge is 0.304 e. The Balaban J connectivity index is 4.19. The summed E-state index contributed by atoms with van der Waals surface area (Å²) in [5.41, 5.74) is 0. The molecule has 0 aromatic carbocycles. The first-order chi connectivity index (χ1) is 9.01. The molecule has 0 bridgehead atoms. The minimum atomic E-state index is -0.874. The van der Waals surface area contributed by atoms with Crippen molar-refractivity contribution in [3.63, 3.8) is 0 Å². The maximum atomic E-state index is 11.9. The lowest BCUT2D eigenvalue weighted by atomic mass is 10.3. The Kier molecular flexibility index (Phi) is 10.1. The van der Waals surface area contributed by atoms with E-state index in [9.17, 15) is 9.59 Å². The second-order valence-corrected chi connectivity index (χ2v) is 4.67. The zero-order valence-electron chi connectivity index (χ0n) is 12.0. The summed E-state index contributed by atoms with van der Waals surface area (Å²) in [4.78, 5) is 26.0. The van der Waals surface area contributed by atoms with E-state index >= 15 is 0 Å². The molecule has 0 aliphatic carbocycles. The number of aliphatic hydroxyl groups is 1. The molecular weight excluding hydrogens is 248 g/mol. The Labute approximate surface area is 115 Å². The number of carboxylic acids is 1. The average Bonchev–Trinajstić information content (AvgIpc) is 2.38. The predicted molar refractivity (Wildman–Crippen MR) is 72.9 cm³/mol. The van der Waals surface area contributed by atoms with Crippen LogP contribution in [-0.2, 0) is 9.59 Å². The molecule has 0 spiro atoms. The summed E-state index contributed by atoms with van der Waals surface area (Å²) in [5.74, 6) is -0.877. The van der Waals surface area contributed by atoms with Crippen LogP contribution in [0.2, 0.25) is 0 Å². The molecule has 112 valence electrons. The lowest BCUT2D eigenvalue weighted by Gasteiger charge is -2.24. The van der Waals surface area contributed by atoms with Crippen LogP contribution in [0.15, 0.2) is 0 Å². The first-order valence-electron chi connectivity index (χ1n) is 6.80. The number of amides is 1. The van der Waals surface area contributed by atoms with Crippen molar-refractivity contribution in [1.82, 2.24) is 9.80 Å². The van der Waals surface area contributed by atoms with Gasteiger partial charge in [0.05, 0.1) is 13.0 Å². The number of nitrogens with zero attached hydrogens (tertiary/aromatic N) is 2. The zero-order valence-corrected chi connectivity index (χ0v) is 12.0. The van der Waals surface area contributed by atoms with E-state index in [2.05, 4.69) is 6.92 Å². The van der Waals surface area contributed by atoms with Gasteiger partial charge in [-0.15, -0.1) is 0 Å². The molecule has 0 heterocycles. The molecule has 19 heavy (non-hydrogen) atoms. The normalized spacial score (nSPS) is 10.7. The van der Waals surface area contributed by atoms with Crippen molar-refractivity contribution >= 4 is 11.9 Å². The molecule has 0 aromatic heterocycles. The largest absolute Gasteiger partial charge is 0.481 e. The van der Waals surface area contributed by atoms with Gasteiger partial charge in [0, 0.05) is 33.3 Å². The van der Waals surface area contributed by atoms with Gasteiger partial charge in [-0.2, -0.15) is 0 Å². The highest BCUT2D eigenvalue weighted by atomic mass is 16.4. The maximum Gasteiger partial charge on any atom is 0.304 e. The van der Waals surface area contributed by atoms with Crippen LogP contribution in [0.1, 0.15) is 32.6 Å². The Morgan fingerprint density at radius 3 is 2.32 bits per heavy atom. The standard InChI is InChI=1S/C13H26N2O4/c1-3-4-7-14(2)12(17)11-15(8-5-10-16)9-6-13(18)19/h16H,3-11H2,1-2H3,(H,18,19). The second-order valence-electron chi connectivity index (χ2n) is 4.67. The molecule has 0 unspecified atom stereocenters. The topological polar surface area (TPSA) is 81.1 Å². The van der Waals surface area contributed by atoms with Crippen LogP contribution in [0.25, 0.3) is 0 Å². The van der Waals surface area contributed by atoms with Crippen LogP contribution < -0.4 is 0 Å². The number of aliphatic carboxylic acids is 1. The summed E-state index contributed by atoms with van der Waals surface area (Å²) >= 11 is 0. The van der Waals surface area contributed by atoms with Crippen LogP contribution in [0.4, 0.5) is 0 Å². The van der Waals surface area contributed by atoms with E-state index in [0.29, 0.717) is 19.5 Å². The fraction of sp³-hybridized carbons (Fsp3) is 0.846. The Morgan fingerprint density at radius 2 is 1.79 bits per heavy atom. The van der Waals surface area contributed by atoms with Gasteiger partial charge in [0.25, 0.3) is 0 Å². The lowest BCUT2D eigenvalue weighted by molar-refractivity contribution is -0.138. The van der Waals surface area contributed by atoms with Gasteiger partial charge in [-0.05, 0) is 12.8 Å². The third kappa shape index (κ3) is 9.44. The van der Waals surface area contributed by atoms with E-state index in [1.165, 1.54) is 0 Å². The maximum absolute atomic E-state index is 11.9. The molecule has 6 heteroatoms. The summed E-state index contributed by atoms with van der Waals surface area (Å²) in [6, 6.07) is 0. The molecular formula is C13H26N2O4. The number of carbonyl (C=O) groups excluding carboxylic acids is 1. The van der Waals surface area contributed by atoms with Crippen LogP contribution >= 0.6 is 0 Å². The minimum Gasteiger partial charge on any atom is -0.481 e. The fourth-order valence-electron chi connectivity index (χ4n) is 1.65. The van der Waals surface area contributed by atoms with E-state index in [0.717, 1.165) is 19.4 Å². The number of rotatable bonds is 11. The molecule has 0 aliphatic rings. The van der Waals surface area contributed by atoms with E-state index in [-0.39, 0.29) is 25.5 Å². The molecule has 0 fully saturated rings. The van der Waals surface area contributed by atoms with Gasteiger partial charge in [-0.3, -0.25) is 14.5 Å². The van der Waals surface area contributed by atoms with Crippen molar-refractivity contribution in [1.29, 1.82) is 0 Å². The van der Waals surface area contributed by atoms with Crippen molar-refractivity contribution in [2.75, 3.05) is 39.8 Å². The van der Waals surface area contributed by atoms with Gasteiger partial charge in [0.1, 0.15) is 0 Å². The first-order valence-corrected chi connectivity index (χ1v) is 6.80. The Morgan fingerprint density at radius 1 is 1.11 bits per heavy atom. The number of carbonyl (C=O) groups is 2. The van der Waals surface area contributed by atoms with E-state index in [1.54, 1.807) is 16.8 Å². The Bertz CT molecular complexity index is 271. The van der Waals surface area contributed by atoms with Crippen LogP contribution in [0, 0.1) is 0 Å². The van der Waals surface area contributed by atoms with E-state index in [4.69, 9.17) is 10.2 Å². The quantitative estimate of drug-likeness (QED) is 0.570. The van der Waals surface area contributed by atoms with Crippen molar-refractivity contribution in [3.05, 3.63) is 0 Å². The molecule has 0 saturated carbocycles. The lowest BCUT2D eigenvalue weighted by Crippen LogP contribution is -2.40. The third-order valence-corrected chi connectivity index (χ3v) is 2.91. The SMILES string of the molecule is CCCCN(C)C(=O)CN(CCCO)CCC(=O)O. The van der Waals surface area contributed by atoms with E-state index in [1.807, 2.05) is 0 Å². The van der Waals surface area contributed by atoms with Crippen LogP contribution in [0.5, 0.6) is 0 Å². The van der Waals surface area contributed by atoms with Crippen molar-refractivity contribution in [3.8, 4) is 0 Å². The van der Waals surface area contributed by atoms with Crippen LogP contribution in [-0.4, -0.2) is 71.7 Å². The summed E-state index contributed by atoms with van der Waals surface area (Å²) in [5, 5.41) is 17.5. The summed E-state index contributed by atoms with van der Waals surface area (Å²) in [7, 11) is 1.76. The monoisotopic (exact) mass is 274 g/mol. The molecule has 0 atom stereocenters. The first kappa shape index (κ1) is 17.9. The van der Waals surface area contributed by atoms with Crippen molar-refractivity contribution < 1.29 is 19.8 Å². The van der Waals surface area contributed by atoms with Gasteiger partial charge >= 0.3 is 5.97 Å². The van der Waals surface area contributed by atoms with Crippen molar-refractivity contribution in [2.24, 2.45) is 0 Å². The van der Waals surface area contributed by atoms with E-state index < -0.39 is 5.97 Å². The molecule has 0 aliphatic heterocycles. The highest BCUT2D eigenvalue weighted by Gasteiger charge is 2.14. The molecule has 0 rings (SSSR count). The third-order valence-electron chi connectivity index (χ3n) is 2.91. The van der Waals surface area contributed by atoms with Gasteiger partial charge in [0.2, 0.25) is 5.91 Å². The second kappa shape index (κ2) is 10.8. The molecule has 0 radical (unpaired) electrons. The highest BCUT2D eigenvalue weighted by molar-refractivity contribution is 5.78. The number of likely N-dealkylation sites (N-methyl/N-ethyl adjacent to an activating group) is 1. The number of carboxylic acid groups (broad SMARTS) is 1. The van der Waals surface area contributed by atoms with Gasteiger partial charge < -0.3 is 15.1 Å². The highest BCUT2D eigenvalue weighted by Crippen LogP contribution is 1.99. The molecule has 1 amide bonds.